The summed E-state index contributed by atoms with van der Waals surface area (Å²) in [5.41, 5.74) is 0. The van der Waals surface area contributed by atoms with Crippen LogP contribution in [0.2, 0.25) is 13.1 Å². The van der Waals surface area contributed by atoms with Crippen LogP contribution in [0.1, 0.15) is 0 Å². The van der Waals surface area contributed by atoms with Crippen LogP contribution in [0.25, 0.3) is 0 Å². The lowest BCUT2D eigenvalue weighted by atomic mass is 10.5. The van der Waals surface area contributed by atoms with Crippen molar-refractivity contribution < 1.29 is 9.47 Å². The van der Waals surface area contributed by atoms with Crippen LogP contribution in [0, 0.1) is 0 Å². The molecular formula is C8H12O2SSi. The van der Waals surface area contributed by atoms with Crippen LogP contribution in [0.15, 0.2) is 10.8 Å². The van der Waals surface area contributed by atoms with Crippen molar-refractivity contribution in [1.29, 1.82) is 0 Å². The molecule has 1 aromatic heterocycles. The van der Waals surface area contributed by atoms with Crippen molar-refractivity contribution in [2.75, 3.05) is 12.5 Å². The molecule has 0 N–H and O–H groups in total. The van der Waals surface area contributed by atoms with Crippen LogP contribution < -0.4 is 9.47 Å². The normalized spacial score (nSPS) is 20.2. The van der Waals surface area contributed by atoms with Crippen LogP contribution in [0.4, 0.5) is 0 Å². The number of fused-ring (bicyclic) bond motifs is 1. The Hall–Kier alpha value is -0.483. The highest BCUT2D eigenvalue weighted by atomic mass is 32.1. The maximum absolute atomic E-state index is 5.65. The Labute approximate surface area is 77.1 Å². The largest absolute Gasteiger partial charge is 0.492 e. The smallest absolute Gasteiger partial charge is 0.171 e. The zero-order valence-electron chi connectivity index (χ0n) is 7.29. The van der Waals surface area contributed by atoms with Crippen LogP contribution in [0.5, 0.6) is 11.5 Å². The van der Waals surface area contributed by atoms with Gasteiger partial charge in [-0.3, -0.25) is 0 Å². The second-order valence-electron chi connectivity index (χ2n) is 3.84. The molecular weight excluding hydrogens is 188 g/mol. The summed E-state index contributed by atoms with van der Waals surface area (Å²) in [6.45, 7) is 4.56. The first-order chi connectivity index (χ1) is 5.67. The van der Waals surface area contributed by atoms with Gasteiger partial charge in [0.05, 0.1) is 12.5 Å². The fourth-order valence-corrected chi connectivity index (χ4v) is 2.93. The molecule has 0 amide bonds. The molecule has 1 aromatic rings. The van der Waals surface area contributed by atoms with Crippen LogP contribution in [0.3, 0.4) is 0 Å². The third-order valence-corrected chi connectivity index (χ3v) is 4.38. The summed E-state index contributed by atoms with van der Waals surface area (Å²) in [5.74, 6) is 1.86. The molecule has 2 nitrogen and oxygen atoms in total. The molecule has 0 radical (unpaired) electrons. The summed E-state index contributed by atoms with van der Waals surface area (Å²) < 4.78 is 11.3. The van der Waals surface area contributed by atoms with Crippen molar-refractivity contribution in [3.05, 3.63) is 10.8 Å². The van der Waals surface area contributed by atoms with Gasteiger partial charge in [0, 0.05) is 10.8 Å². The third kappa shape index (κ3) is 1.49. The monoisotopic (exact) mass is 200 g/mol. The number of hydrogen-bond donors (Lipinski definition) is 0. The summed E-state index contributed by atoms with van der Waals surface area (Å²) in [6, 6.07) is 0. The van der Waals surface area contributed by atoms with Gasteiger partial charge in [0.25, 0.3) is 0 Å². The number of hydrogen-bond acceptors (Lipinski definition) is 3. The maximum atomic E-state index is 5.65. The number of rotatable bonds is 0. The first-order valence-corrected chi connectivity index (χ1v) is 8.35. The summed E-state index contributed by atoms with van der Waals surface area (Å²) in [7, 11) is -1.24. The van der Waals surface area contributed by atoms with Gasteiger partial charge >= 0.3 is 0 Å². The molecule has 0 saturated heterocycles. The van der Waals surface area contributed by atoms with Crippen LogP contribution >= 0.6 is 11.3 Å². The van der Waals surface area contributed by atoms with Crippen molar-refractivity contribution in [3.63, 3.8) is 0 Å². The predicted octanol–water partition coefficient (Wildman–Crippen LogP) is 2.31. The molecule has 0 bridgehead atoms. The average molecular weight is 200 g/mol. The van der Waals surface area contributed by atoms with Gasteiger partial charge in [-0.1, -0.05) is 13.1 Å². The van der Waals surface area contributed by atoms with E-state index in [0.29, 0.717) is 0 Å². The van der Waals surface area contributed by atoms with Gasteiger partial charge in [-0.05, 0) is 0 Å². The summed E-state index contributed by atoms with van der Waals surface area (Å²) in [4.78, 5) is 0. The number of ether oxygens (including phenoxy) is 2. The van der Waals surface area contributed by atoms with E-state index < -0.39 is 8.07 Å². The highest BCUT2D eigenvalue weighted by Crippen LogP contribution is 2.34. The first kappa shape index (κ1) is 8.13. The molecule has 0 aromatic carbocycles. The molecule has 1 aliphatic heterocycles. The van der Waals surface area contributed by atoms with Crippen molar-refractivity contribution in [1.82, 2.24) is 0 Å². The van der Waals surface area contributed by atoms with E-state index >= 15 is 0 Å². The van der Waals surface area contributed by atoms with Gasteiger partial charge < -0.3 is 9.47 Å². The Morgan fingerprint density at radius 3 is 2.17 bits per heavy atom. The van der Waals surface area contributed by atoms with E-state index in [4.69, 9.17) is 9.47 Å². The highest BCUT2D eigenvalue weighted by molar-refractivity contribution is 7.08. The predicted molar refractivity (Wildman–Crippen MR) is 52.8 cm³/mol. The molecule has 12 heavy (non-hydrogen) atoms. The Kier molecular flexibility index (Phi) is 1.88. The zero-order valence-corrected chi connectivity index (χ0v) is 9.11. The van der Waals surface area contributed by atoms with E-state index in [-0.39, 0.29) is 0 Å². The van der Waals surface area contributed by atoms with Crippen molar-refractivity contribution >= 4 is 19.4 Å². The molecule has 1 aliphatic rings. The van der Waals surface area contributed by atoms with Gasteiger partial charge in [-0.2, -0.15) is 0 Å². The van der Waals surface area contributed by atoms with E-state index in [2.05, 4.69) is 13.1 Å². The second-order valence-corrected chi connectivity index (χ2v) is 9.49. The second kappa shape index (κ2) is 2.78. The minimum absolute atomic E-state index is 0.872. The lowest BCUT2D eigenvalue weighted by molar-refractivity contribution is 0.358. The van der Waals surface area contributed by atoms with Gasteiger partial charge in [-0.25, -0.2) is 0 Å². The highest BCUT2D eigenvalue weighted by Gasteiger charge is 2.27. The molecule has 0 fully saturated rings. The zero-order chi connectivity index (χ0) is 8.60. The molecule has 2 rings (SSSR count). The SMILES string of the molecule is C[Si]1(C)COc2cscc2OC1. The first-order valence-electron chi connectivity index (χ1n) is 3.99. The van der Waals surface area contributed by atoms with E-state index in [1.54, 1.807) is 11.3 Å². The average Bonchev–Trinajstić information content (AvgIpc) is 2.40. The quantitative estimate of drug-likeness (QED) is 0.598. The summed E-state index contributed by atoms with van der Waals surface area (Å²) in [5, 5.41) is 4.01. The molecule has 66 valence electrons. The Bertz CT molecular complexity index is 258. The van der Waals surface area contributed by atoms with Gasteiger partial charge in [0.1, 0.15) is 8.07 Å². The van der Waals surface area contributed by atoms with E-state index in [0.717, 1.165) is 24.0 Å². The minimum atomic E-state index is -1.24. The molecule has 0 unspecified atom stereocenters. The lowest BCUT2D eigenvalue weighted by Crippen LogP contribution is -2.40. The fraction of sp³-hybridized carbons (Fsp3) is 0.500. The number of thiophene rings is 1. The third-order valence-electron chi connectivity index (χ3n) is 1.83. The molecule has 2 heterocycles. The van der Waals surface area contributed by atoms with Crippen molar-refractivity contribution in [2.45, 2.75) is 13.1 Å². The van der Waals surface area contributed by atoms with E-state index in [1.165, 1.54) is 0 Å². The topological polar surface area (TPSA) is 18.5 Å². The Morgan fingerprint density at radius 1 is 1.17 bits per heavy atom. The fourth-order valence-electron chi connectivity index (χ4n) is 1.07. The Morgan fingerprint density at radius 2 is 1.67 bits per heavy atom. The minimum Gasteiger partial charge on any atom is -0.492 e. The van der Waals surface area contributed by atoms with Gasteiger partial charge in [0.2, 0.25) is 0 Å². The Balaban J connectivity index is 2.21. The maximum Gasteiger partial charge on any atom is 0.171 e. The molecule has 0 saturated carbocycles. The van der Waals surface area contributed by atoms with Crippen LogP contribution in [-0.2, 0) is 0 Å². The van der Waals surface area contributed by atoms with Crippen LogP contribution in [-0.4, -0.2) is 20.5 Å². The molecule has 0 aliphatic carbocycles. The molecule has 0 atom stereocenters. The van der Waals surface area contributed by atoms with E-state index in [1.807, 2.05) is 10.8 Å². The standard InChI is InChI=1S/C8H12O2SSi/c1-12(2)5-9-7-3-11-4-8(7)10-6-12/h3-4H,5-6H2,1-2H3. The van der Waals surface area contributed by atoms with Crippen molar-refractivity contribution in [3.8, 4) is 11.5 Å². The molecule has 0 spiro atoms. The van der Waals surface area contributed by atoms with Gasteiger partial charge in [0.15, 0.2) is 11.5 Å². The lowest BCUT2D eigenvalue weighted by Gasteiger charge is -2.16. The van der Waals surface area contributed by atoms with E-state index in [9.17, 15) is 0 Å². The summed E-state index contributed by atoms with van der Waals surface area (Å²) in [6.07, 6.45) is 1.74. The summed E-state index contributed by atoms with van der Waals surface area (Å²) >= 11 is 1.63. The van der Waals surface area contributed by atoms with Gasteiger partial charge in [-0.15, -0.1) is 11.3 Å². The van der Waals surface area contributed by atoms with Crippen molar-refractivity contribution in [2.24, 2.45) is 0 Å². The molecule has 4 heteroatoms.